The molecule has 0 saturated carbocycles. The number of hydrogen-bond donors (Lipinski definition) is 1. The molecule has 3 aromatic rings. The van der Waals surface area contributed by atoms with Crippen LogP contribution in [0.15, 0.2) is 78.9 Å². The number of nitro groups is 1. The standard InChI is InChI=1S/C22H18N2O6/c25-21(15-29-22(26)14-16-6-4-5-9-20(16)24(27)28)23-17-10-12-19(13-11-17)30-18-7-2-1-3-8-18/h1-13H,14-15H2,(H,23,25). The van der Waals surface area contributed by atoms with Gasteiger partial charge in [-0.2, -0.15) is 0 Å². The SMILES string of the molecule is O=C(COC(=O)Cc1ccccc1[N+](=O)[O-])Nc1ccc(Oc2ccccc2)cc1. The van der Waals surface area contributed by atoms with Crippen molar-refractivity contribution in [1.29, 1.82) is 0 Å². The molecule has 30 heavy (non-hydrogen) atoms. The first kappa shape index (κ1) is 20.5. The van der Waals surface area contributed by atoms with Crippen LogP contribution in [0, 0.1) is 10.1 Å². The normalized spacial score (nSPS) is 10.1. The van der Waals surface area contributed by atoms with Gasteiger partial charge < -0.3 is 14.8 Å². The minimum Gasteiger partial charge on any atom is -0.457 e. The van der Waals surface area contributed by atoms with Crippen molar-refractivity contribution in [2.75, 3.05) is 11.9 Å². The monoisotopic (exact) mass is 406 g/mol. The van der Waals surface area contributed by atoms with E-state index in [0.29, 0.717) is 17.2 Å². The Balaban J connectivity index is 1.47. The third-order valence-corrected chi connectivity index (χ3v) is 4.00. The first-order valence-corrected chi connectivity index (χ1v) is 9.02. The Bertz CT molecular complexity index is 1040. The second kappa shape index (κ2) is 9.83. The Labute approximate surface area is 172 Å². The van der Waals surface area contributed by atoms with Crippen LogP contribution in [0.4, 0.5) is 11.4 Å². The van der Waals surface area contributed by atoms with E-state index in [0.717, 1.165) is 0 Å². The number of esters is 1. The largest absolute Gasteiger partial charge is 0.457 e. The van der Waals surface area contributed by atoms with E-state index in [4.69, 9.17) is 9.47 Å². The molecule has 0 saturated heterocycles. The lowest BCUT2D eigenvalue weighted by molar-refractivity contribution is -0.385. The summed E-state index contributed by atoms with van der Waals surface area (Å²) in [6.45, 7) is -0.498. The van der Waals surface area contributed by atoms with Crippen molar-refractivity contribution in [3.8, 4) is 11.5 Å². The van der Waals surface area contributed by atoms with Gasteiger partial charge in [-0.3, -0.25) is 19.7 Å². The van der Waals surface area contributed by atoms with E-state index >= 15 is 0 Å². The molecule has 0 aliphatic rings. The lowest BCUT2D eigenvalue weighted by Crippen LogP contribution is -2.21. The molecule has 3 rings (SSSR count). The van der Waals surface area contributed by atoms with Crippen LogP contribution in [0.25, 0.3) is 0 Å². The van der Waals surface area contributed by atoms with Gasteiger partial charge in [-0.1, -0.05) is 36.4 Å². The summed E-state index contributed by atoms with van der Waals surface area (Å²) in [5, 5.41) is 13.6. The number of carbonyl (C=O) groups is 2. The number of nitrogens with one attached hydrogen (secondary N) is 1. The van der Waals surface area contributed by atoms with Crippen molar-refractivity contribution in [1.82, 2.24) is 0 Å². The van der Waals surface area contributed by atoms with E-state index in [2.05, 4.69) is 5.32 Å². The van der Waals surface area contributed by atoms with Crippen LogP contribution >= 0.6 is 0 Å². The van der Waals surface area contributed by atoms with Gasteiger partial charge in [-0.15, -0.1) is 0 Å². The Kier molecular flexibility index (Phi) is 6.73. The number of hydrogen-bond acceptors (Lipinski definition) is 6. The van der Waals surface area contributed by atoms with Crippen LogP contribution < -0.4 is 10.1 Å². The fourth-order valence-corrected chi connectivity index (χ4v) is 2.62. The van der Waals surface area contributed by atoms with Crippen molar-refractivity contribution >= 4 is 23.3 Å². The van der Waals surface area contributed by atoms with Gasteiger partial charge in [-0.25, -0.2) is 0 Å². The van der Waals surface area contributed by atoms with Gasteiger partial charge in [0, 0.05) is 17.3 Å². The smallest absolute Gasteiger partial charge is 0.311 e. The highest BCUT2D eigenvalue weighted by molar-refractivity contribution is 5.93. The second-order valence-corrected chi connectivity index (χ2v) is 6.21. The Hall–Kier alpha value is -4.20. The number of anilines is 1. The molecule has 0 bridgehead atoms. The molecule has 0 unspecified atom stereocenters. The van der Waals surface area contributed by atoms with Gasteiger partial charge >= 0.3 is 5.97 Å². The number of nitrogens with zero attached hydrogens (tertiary/aromatic N) is 1. The Morgan fingerprint density at radius 3 is 2.20 bits per heavy atom. The predicted molar refractivity (Wildman–Crippen MR) is 109 cm³/mol. The number of benzene rings is 3. The predicted octanol–water partition coefficient (Wildman–Crippen LogP) is 4.11. The zero-order chi connectivity index (χ0) is 21.3. The highest BCUT2D eigenvalue weighted by Crippen LogP contribution is 2.22. The molecule has 0 radical (unpaired) electrons. The highest BCUT2D eigenvalue weighted by Gasteiger charge is 2.17. The van der Waals surface area contributed by atoms with Gasteiger partial charge in [0.15, 0.2) is 6.61 Å². The summed E-state index contributed by atoms with van der Waals surface area (Å²) in [5.41, 5.74) is 0.564. The third kappa shape index (κ3) is 5.90. The fraction of sp³-hybridized carbons (Fsp3) is 0.0909. The third-order valence-electron chi connectivity index (χ3n) is 4.00. The van der Waals surface area contributed by atoms with Crippen LogP contribution in [0.2, 0.25) is 0 Å². The zero-order valence-electron chi connectivity index (χ0n) is 15.8. The van der Waals surface area contributed by atoms with E-state index in [1.165, 1.54) is 18.2 Å². The van der Waals surface area contributed by atoms with E-state index in [9.17, 15) is 19.7 Å². The summed E-state index contributed by atoms with van der Waals surface area (Å²) < 4.78 is 10.6. The summed E-state index contributed by atoms with van der Waals surface area (Å²) in [7, 11) is 0. The van der Waals surface area contributed by atoms with Crippen LogP contribution in [0.3, 0.4) is 0 Å². The van der Waals surface area contributed by atoms with E-state index in [1.807, 2.05) is 30.3 Å². The van der Waals surface area contributed by atoms with Crippen molar-refractivity contribution in [3.63, 3.8) is 0 Å². The summed E-state index contributed by atoms with van der Waals surface area (Å²) in [6, 6.07) is 21.9. The molecule has 0 atom stereocenters. The summed E-state index contributed by atoms with van der Waals surface area (Å²) in [4.78, 5) is 34.3. The summed E-state index contributed by atoms with van der Waals surface area (Å²) >= 11 is 0. The minimum absolute atomic E-state index is 0.170. The van der Waals surface area contributed by atoms with Crippen molar-refractivity contribution in [3.05, 3.63) is 94.5 Å². The van der Waals surface area contributed by atoms with Crippen LogP contribution in [0.5, 0.6) is 11.5 Å². The fourth-order valence-electron chi connectivity index (χ4n) is 2.62. The van der Waals surface area contributed by atoms with Crippen LogP contribution in [-0.4, -0.2) is 23.4 Å². The maximum Gasteiger partial charge on any atom is 0.311 e. The molecule has 152 valence electrons. The first-order chi connectivity index (χ1) is 14.5. The molecular weight excluding hydrogens is 388 g/mol. The number of ether oxygens (including phenoxy) is 2. The molecule has 0 aromatic heterocycles. The number of carbonyl (C=O) groups excluding carboxylic acids is 2. The molecule has 1 N–H and O–H groups in total. The van der Waals surface area contributed by atoms with Gasteiger partial charge in [0.25, 0.3) is 11.6 Å². The molecule has 8 nitrogen and oxygen atoms in total. The topological polar surface area (TPSA) is 108 Å². The van der Waals surface area contributed by atoms with Crippen LogP contribution in [-0.2, 0) is 20.7 Å². The molecular formula is C22H18N2O6. The Morgan fingerprint density at radius 2 is 1.50 bits per heavy atom. The summed E-state index contributed by atoms with van der Waals surface area (Å²) in [5.74, 6) is 0.0450. The molecule has 0 aliphatic carbocycles. The molecule has 3 aromatic carbocycles. The van der Waals surface area contributed by atoms with Crippen molar-refractivity contribution < 1.29 is 24.0 Å². The van der Waals surface area contributed by atoms with Crippen molar-refractivity contribution in [2.45, 2.75) is 6.42 Å². The van der Waals surface area contributed by atoms with E-state index < -0.39 is 23.4 Å². The zero-order valence-corrected chi connectivity index (χ0v) is 15.8. The van der Waals surface area contributed by atoms with Gasteiger partial charge in [0.2, 0.25) is 0 Å². The van der Waals surface area contributed by atoms with Crippen molar-refractivity contribution in [2.24, 2.45) is 0 Å². The quantitative estimate of drug-likeness (QED) is 0.343. The molecule has 1 amide bonds. The Morgan fingerprint density at radius 1 is 0.867 bits per heavy atom. The van der Waals surface area contributed by atoms with Gasteiger partial charge in [-0.05, 0) is 36.4 Å². The number of nitro benzene ring substituents is 1. The molecule has 0 heterocycles. The highest BCUT2D eigenvalue weighted by atomic mass is 16.6. The van der Waals surface area contributed by atoms with Crippen LogP contribution in [0.1, 0.15) is 5.56 Å². The average molecular weight is 406 g/mol. The molecule has 0 fully saturated rings. The number of amides is 1. The van der Waals surface area contributed by atoms with E-state index in [1.54, 1.807) is 30.3 Å². The average Bonchev–Trinajstić information content (AvgIpc) is 2.75. The lowest BCUT2D eigenvalue weighted by Gasteiger charge is -2.09. The lowest BCUT2D eigenvalue weighted by atomic mass is 10.1. The van der Waals surface area contributed by atoms with E-state index in [-0.39, 0.29) is 17.7 Å². The molecule has 8 heteroatoms. The summed E-state index contributed by atoms with van der Waals surface area (Å²) in [6.07, 6.45) is -0.296. The number of rotatable bonds is 8. The molecule has 0 spiro atoms. The number of para-hydroxylation sites is 2. The van der Waals surface area contributed by atoms with Gasteiger partial charge in [0.1, 0.15) is 11.5 Å². The minimum atomic E-state index is -0.731. The second-order valence-electron chi connectivity index (χ2n) is 6.21. The molecule has 0 aliphatic heterocycles. The first-order valence-electron chi connectivity index (χ1n) is 9.02. The maximum absolute atomic E-state index is 12.0. The van der Waals surface area contributed by atoms with Gasteiger partial charge in [0.05, 0.1) is 11.3 Å². The maximum atomic E-state index is 12.0.